The van der Waals surface area contributed by atoms with Gasteiger partial charge < -0.3 is 19.4 Å². The van der Waals surface area contributed by atoms with Gasteiger partial charge in [-0.1, -0.05) is 304 Å². The van der Waals surface area contributed by atoms with Gasteiger partial charge in [0.1, 0.15) is 0 Å². The number of nitrogens with zero attached hydrogens (tertiary/aromatic N) is 4. The summed E-state index contributed by atoms with van der Waals surface area (Å²) in [5.74, 6) is 0. The van der Waals surface area contributed by atoms with Crippen molar-refractivity contribution in [1.82, 2.24) is 0 Å². The summed E-state index contributed by atoms with van der Waals surface area (Å²) in [5.41, 5.74) is 41.5. The molecule has 0 saturated carbocycles. The number of fused-ring (bicyclic) bond motifs is 16. The quantitative estimate of drug-likeness (QED) is 0.163. The minimum atomic E-state index is -0.0779. The molecule has 22 rings (SSSR count). The summed E-state index contributed by atoms with van der Waals surface area (Å²) in [6, 6.07) is 117. The molecule has 0 unspecified atom stereocenters. The fourth-order valence-corrected chi connectivity index (χ4v) is 19.6. The van der Waals surface area contributed by atoms with Crippen LogP contribution in [-0.4, -0.2) is 25.9 Å². The lowest BCUT2D eigenvalue weighted by molar-refractivity contribution is 0.632. The SMILES string of the molecule is BrB1c2cccc3c2N2B(c4ccccc4-3)c3ccccc3-c3cccc1c32.CC1(C)c2ccccc2N(c2ccc(B3c4cccc5c4N4B(c6ccccc6-5)c5ccccc5-c5cccc3c54)cc2)c2ccccc21.CC1(C)c2ccccc2N(c2ccc(Br)cc2)c2ccccc21. The molecule has 8 aliphatic heterocycles. The second-order valence-corrected chi connectivity index (χ2v) is 30.6. The lowest BCUT2D eigenvalue weighted by atomic mass is 9.32. The van der Waals surface area contributed by atoms with Crippen LogP contribution in [0.25, 0.3) is 44.5 Å². The van der Waals surface area contributed by atoms with Gasteiger partial charge in [0.25, 0.3) is 5.54 Å². The maximum Gasteiger partial charge on any atom is 0.329 e. The van der Waals surface area contributed by atoms with Crippen LogP contribution >= 0.6 is 31.7 Å². The molecule has 0 amide bonds. The highest BCUT2D eigenvalue weighted by molar-refractivity contribution is 9.25. The second kappa shape index (κ2) is 22.5. The molecule has 0 bridgehead atoms. The van der Waals surface area contributed by atoms with Crippen molar-refractivity contribution in [3.05, 3.63) is 342 Å². The monoisotopic (exact) mass is 1400 g/mol. The molecule has 0 saturated heterocycles. The Morgan fingerprint density at radius 3 is 0.860 bits per heavy atom. The summed E-state index contributed by atoms with van der Waals surface area (Å²) in [7, 11) is 0. The van der Waals surface area contributed by atoms with Gasteiger partial charge in [-0.05, 0) is 149 Å². The molecule has 0 radical (unpaired) electrons. The highest BCUT2D eigenvalue weighted by Gasteiger charge is 2.51. The predicted molar refractivity (Wildman–Crippen MR) is 435 cm³/mol. The normalized spacial score (nSPS) is 14.9. The largest absolute Gasteiger partial charge is 0.377 e. The minimum absolute atomic E-state index is 0.000942. The molecule has 470 valence electrons. The molecule has 8 aliphatic rings. The minimum Gasteiger partial charge on any atom is -0.377 e. The number of halogens is 2. The third-order valence-electron chi connectivity index (χ3n) is 22.9. The molecule has 0 aliphatic carbocycles. The Morgan fingerprint density at radius 1 is 0.260 bits per heavy atom. The number of anilines is 10. The van der Waals surface area contributed by atoms with Crippen molar-refractivity contribution in [2.24, 2.45) is 0 Å². The number of hydrogen-bond donors (Lipinski definition) is 0. The number of para-hydroxylation sites is 8. The van der Waals surface area contributed by atoms with E-state index < -0.39 is 0 Å². The molecule has 10 heteroatoms. The van der Waals surface area contributed by atoms with Crippen LogP contribution < -0.4 is 68.6 Å². The van der Waals surface area contributed by atoms with Gasteiger partial charge in [0.2, 0.25) is 6.71 Å². The topological polar surface area (TPSA) is 13.0 Å². The molecule has 14 aromatic carbocycles. The van der Waals surface area contributed by atoms with Crippen LogP contribution in [0.15, 0.2) is 320 Å². The van der Waals surface area contributed by atoms with Gasteiger partial charge in [-0.25, -0.2) is 0 Å². The molecule has 0 N–H and O–H groups in total. The van der Waals surface area contributed by atoms with Gasteiger partial charge in [-0.3, -0.25) is 0 Å². The van der Waals surface area contributed by atoms with E-state index in [9.17, 15) is 0 Å². The molecular weight excluding hydrogens is 1340 g/mol. The third kappa shape index (κ3) is 8.50. The van der Waals surface area contributed by atoms with Gasteiger partial charge in [0.15, 0.2) is 0 Å². The average Bonchev–Trinajstić information content (AvgIpc) is 0.694. The second-order valence-electron chi connectivity index (χ2n) is 28.7. The Morgan fingerprint density at radius 2 is 0.520 bits per heavy atom. The van der Waals surface area contributed by atoms with E-state index in [1.807, 2.05) is 0 Å². The van der Waals surface area contributed by atoms with E-state index in [1.165, 1.54) is 173 Å². The van der Waals surface area contributed by atoms with Gasteiger partial charge in [0, 0.05) is 71.7 Å². The van der Waals surface area contributed by atoms with Crippen LogP contribution in [0.1, 0.15) is 49.9 Å². The molecule has 8 heterocycles. The fraction of sp³-hybridized carbons (Fsp3) is 0.0667. The molecule has 0 spiro atoms. The number of hydrogen-bond acceptors (Lipinski definition) is 4. The zero-order valence-corrected chi connectivity index (χ0v) is 59.0. The summed E-state index contributed by atoms with van der Waals surface area (Å²) in [4.78, 5) is 10.1. The van der Waals surface area contributed by atoms with Crippen LogP contribution in [0.5, 0.6) is 0 Å². The van der Waals surface area contributed by atoms with Crippen LogP contribution in [-0.2, 0) is 10.8 Å². The maximum absolute atomic E-state index is 4.03. The summed E-state index contributed by atoms with van der Waals surface area (Å²) >= 11 is 7.56. The van der Waals surface area contributed by atoms with Gasteiger partial charge in [-0.2, -0.15) is 0 Å². The first kappa shape index (κ1) is 59.5. The Labute approximate surface area is 603 Å². The average molecular weight is 1400 g/mol. The van der Waals surface area contributed by atoms with E-state index >= 15 is 0 Å². The molecule has 100 heavy (non-hydrogen) atoms. The molecule has 0 fully saturated rings. The van der Waals surface area contributed by atoms with Crippen LogP contribution in [0, 0.1) is 0 Å². The highest BCUT2D eigenvalue weighted by atomic mass is 79.9. The molecule has 0 atom stereocenters. The molecule has 0 aromatic heterocycles. The standard InChI is InChI=1S/C45H32B2N2.C24H14B2BrN.C21H18BrN/c1-45(2)35-17-5-9-23-41(35)48(42-24-10-6-18-36(42)45)30-27-25-29(26-28-30)46-39-21-11-15-33-31-13-3-7-19-37(31)47-38-20-8-4-14-32(38)34-16-12-22-40(46)44(34)49(47)43(33)39;27-25-21-13-5-9-17-15-7-1-3-11-19(15)26-20-12-4-2-8-16(20)18-10-6-14-22(25)24(18)28(26)23(17)21;1-21(2)17-7-3-5-9-19(17)23(16-13-11-15(22)12-14-16)20-10-6-4-8-18(20)21/h3-28H,1-2H3;1-14H;3-14H,1-2H3. The van der Waals surface area contributed by atoms with Crippen LogP contribution in [0.3, 0.4) is 0 Å². The smallest absolute Gasteiger partial charge is 0.329 e. The van der Waals surface area contributed by atoms with Crippen LogP contribution in [0.4, 0.5) is 56.9 Å². The third-order valence-corrected chi connectivity index (χ3v) is 24.5. The molecule has 14 aromatic rings. The molecular formula is C90H64B4Br2N4. The van der Waals surface area contributed by atoms with E-state index in [0.717, 1.165) is 4.47 Å². The summed E-state index contributed by atoms with van der Waals surface area (Å²) in [6.07, 6.45) is 0. The highest BCUT2D eigenvalue weighted by Crippen LogP contribution is 2.55. The lowest BCUT2D eigenvalue weighted by Gasteiger charge is -2.49. The zero-order chi connectivity index (χ0) is 66.9. The Balaban J connectivity index is 0.000000111. The van der Waals surface area contributed by atoms with Gasteiger partial charge in [0.05, 0.1) is 22.7 Å². The van der Waals surface area contributed by atoms with Crippen molar-refractivity contribution < 1.29 is 0 Å². The van der Waals surface area contributed by atoms with Crippen molar-refractivity contribution in [2.45, 2.75) is 38.5 Å². The Kier molecular flexibility index (Phi) is 13.4. The van der Waals surface area contributed by atoms with E-state index in [2.05, 4.69) is 394 Å². The van der Waals surface area contributed by atoms with Crippen LogP contribution in [0.2, 0.25) is 0 Å². The van der Waals surface area contributed by atoms with E-state index in [4.69, 9.17) is 0 Å². The number of benzene rings is 14. The summed E-state index contributed by atoms with van der Waals surface area (Å²) in [5, 5.41) is 0. The summed E-state index contributed by atoms with van der Waals surface area (Å²) < 4.78 is 1.10. The van der Waals surface area contributed by atoms with E-state index in [0.29, 0.717) is 0 Å². The maximum atomic E-state index is 4.03. The first-order chi connectivity index (χ1) is 49.0. The van der Waals surface area contributed by atoms with Crippen molar-refractivity contribution in [2.75, 3.05) is 19.4 Å². The Hall–Kier alpha value is -10.5. The van der Waals surface area contributed by atoms with Crippen molar-refractivity contribution in [3.63, 3.8) is 0 Å². The fourth-order valence-electron chi connectivity index (χ4n) is 18.6. The van der Waals surface area contributed by atoms with Crippen molar-refractivity contribution in [1.29, 1.82) is 0 Å². The molecule has 4 nitrogen and oxygen atoms in total. The predicted octanol–water partition coefficient (Wildman–Crippen LogP) is 17.5. The van der Waals surface area contributed by atoms with E-state index in [1.54, 1.807) is 0 Å². The van der Waals surface area contributed by atoms with Gasteiger partial charge in [-0.15, -0.1) is 15.8 Å². The van der Waals surface area contributed by atoms with Crippen molar-refractivity contribution >= 4 is 164 Å². The van der Waals surface area contributed by atoms with Gasteiger partial charge >= 0.3 is 13.7 Å². The van der Waals surface area contributed by atoms with E-state index in [-0.39, 0.29) is 36.8 Å². The number of rotatable bonds is 3. The first-order valence-electron chi connectivity index (χ1n) is 35.0. The first-order valence-corrected chi connectivity index (χ1v) is 36.7. The zero-order valence-electron chi connectivity index (χ0n) is 55.9. The van der Waals surface area contributed by atoms with Crippen molar-refractivity contribution in [3.8, 4) is 44.5 Å². The Bertz CT molecular complexity index is 5460. The lowest BCUT2D eigenvalue weighted by Crippen LogP contribution is -2.67. The summed E-state index contributed by atoms with van der Waals surface area (Å²) in [6.45, 7) is 9.79.